The minimum Gasteiger partial charge on any atom is -0.237 e. The van der Waals surface area contributed by atoms with Gasteiger partial charge in [-0.15, -0.1) is 23.5 Å². The van der Waals surface area contributed by atoms with Crippen LogP contribution in [0.1, 0.15) is 5.69 Å². The molecular weight excluding hydrogens is 260 g/mol. The van der Waals surface area contributed by atoms with Gasteiger partial charge in [0.2, 0.25) is 5.13 Å². The monoisotopic (exact) mass is 270 g/mol. The average Bonchev–Trinajstić information content (AvgIpc) is 2.67. The van der Waals surface area contributed by atoms with E-state index in [0.717, 1.165) is 20.0 Å². The van der Waals surface area contributed by atoms with Gasteiger partial charge in [-0.1, -0.05) is 11.3 Å². The first-order valence-electron chi connectivity index (χ1n) is 4.50. The highest BCUT2D eigenvalue weighted by molar-refractivity contribution is 8.38. The van der Waals surface area contributed by atoms with Crippen LogP contribution in [0, 0.1) is 6.92 Å². The number of aromatic nitrogens is 3. The van der Waals surface area contributed by atoms with Crippen molar-refractivity contribution in [3.05, 3.63) is 11.9 Å². The van der Waals surface area contributed by atoms with Gasteiger partial charge in [-0.3, -0.25) is 0 Å². The summed E-state index contributed by atoms with van der Waals surface area (Å²) in [5.41, 5.74) is 1.58. The molecule has 4 nitrogen and oxygen atoms in total. The van der Waals surface area contributed by atoms with Crippen LogP contribution in [0.15, 0.2) is 11.2 Å². The molecule has 2 rings (SSSR count). The van der Waals surface area contributed by atoms with Gasteiger partial charge in [-0.2, -0.15) is 4.98 Å². The van der Waals surface area contributed by atoms with Gasteiger partial charge < -0.3 is 0 Å². The molecule has 0 aromatic carbocycles. The second-order valence-corrected chi connectivity index (χ2v) is 5.73. The summed E-state index contributed by atoms with van der Waals surface area (Å²) in [4.78, 5) is 18.2. The number of hydrogen-bond donors (Lipinski definition) is 0. The summed E-state index contributed by atoms with van der Waals surface area (Å²) >= 11 is 4.70. The first-order valence-corrected chi connectivity index (χ1v) is 7.76. The maximum atomic E-state index is 4.43. The van der Waals surface area contributed by atoms with E-state index in [9.17, 15) is 0 Å². The maximum Gasteiger partial charge on any atom is 0.214 e. The lowest BCUT2D eigenvalue weighted by Gasteiger charge is -1.93. The van der Waals surface area contributed by atoms with E-state index in [1.165, 1.54) is 11.3 Å². The Balaban J connectivity index is 2.43. The number of thiazole rings is 1. The van der Waals surface area contributed by atoms with E-state index in [1.807, 2.05) is 19.4 Å². The van der Waals surface area contributed by atoms with Gasteiger partial charge in [0, 0.05) is 0 Å². The van der Waals surface area contributed by atoms with Crippen LogP contribution in [0.5, 0.6) is 0 Å². The summed E-state index contributed by atoms with van der Waals surface area (Å²) < 4.78 is 0.996. The molecule has 0 saturated carbocycles. The van der Waals surface area contributed by atoms with Crippen LogP contribution in [0.2, 0.25) is 0 Å². The molecule has 16 heavy (non-hydrogen) atoms. The van der Waals surface area contributed by atoms with Crippen LogP contribution in [0.25, 0.3) is 10.5 Å². The van der Waals surface area contributed by atoms with Crippen LogP contribution in [0.3, 0.4) is 0 Å². The molecule has 0 unspecified atom stereocenters. The molecule has 2 aromatic heterocycles. The first-order chi connectivity index (χ1) is 7.72. The molecule has 0 radical (unpaired) electrons. The molecule has 2 heterocycles. The SMILES string of the molecule is CSC(=Nc1nc2ncc(C)nc2s1)SC. The van der Waals surface area contributed by atoms with Gasteiger partial charge in [0.25, 0.3) is 0 Å². The van der Waals surface area contributed by atoms with Crippen LogP contribution >= 0.6 is 34.9 Å². The highest BCUT2D eigenvalue weighted by Crippen LogP contribution is 2.27. The smallest absolute Gasteiger partial charge is 0.214 e. The van der Waals surface area contributed by atoms with Crippen molar-refractivity contribution in [3.63, 3.8) is 0 Å². The Labute approximate surface area is 106 Å². The molecule has 84 valence electrons. The number of aryl methyl sites for hydroxylation is 1. The summed E-state index contributed by atoms with van der Waals surface area (Å²) in [6.45, 7) is 1.92. The Kier molecular flexibility index (Phi) is 3.78. The fourth-order valence-corrected chi connectivity index (χ4v) is 3.05. The van der Waals surface area contributed by atoms with Gasteiger partial charge in [0.05, 0.1) is 11.9 Å². The molecule has 2 aromatic rings. The lowest BCUT2D eigenvalue weighted by Crippen LogP contribution is -1.83. The van der Waals surface area contributed by atoms with Crippen molar-refractivity contribution in [1.82, 2.24) is 15.0 Å². The van der Waals surface area contributed by atoms with E-state index in [0.29, 0.717) is 5.65 Å². The van der Waals surface area contributed by atoms with Crippen molar-refractivity contribution >= 4 is 54.8 Å². The van der Waals surface area contributed by atoms with Crippen molar-refractivity contribution in [2.75, 3.05) is 12.5 Å². The van der Waals surface area contributed by atoms with Crippen molar-refractivity contribution in [1.29, 1.82) is 0 Å². The molecule has 0 aliphatic heterocycles. The normalized spacial score (nSPS) is 10.7. The number of rotatable bonds is 1. The summed E-state index contributed by atoms with van der Waals surface area (Å²) in [6.07, 6.45) is 5.73. The Bertz CT molecular complexity index is 529. The van der Waals surface area contributed by atoms with E-state index < -0.39 is 0 Å². The molecule has 0 aliphatic carbocycles. The van der Waals surface area contributed by atoms with Crippen molar-refractivity contribution < 1.29 is 0 Å². The molecule has 0 N–H and O–H groups in total. The third kappa shape index (κ3) is 2.53. The highest BCUT2D eigenvalue weighted by Gasteiger charge is 2.06. The Morgan fingerprint density at radius 3 is 2.75 bits per heavy atom. The second-order valence-electron chi connectivity index (χ2n) is 2.92. The van der Waals surface area contributed by atoms with Crippen LogP contribution in [-0.2, 0) is 0 Å². The minimum atomic E-state index is 0.677. The summed E-state index contributed by atoms with van der Waals surface area (Å²) in [7, 11) is 0. The fraction of sp³-hybridized carbons (Fsp3) is 0.333. The molecule has 0 amide bonds. The van der Waals surface area contributed by atoms with Gasteiger partial charge in [0.15, 0.2) is 10.5 Å². The van der Waals surface area contributed by atoms with Gasteiger partial charge in [-0.25, -0.2) is 15.0 Å². The zero-order valence-electron chi connectivity index (χ0n) is 9.09. The summed E-state index contributed by atoms with van der Waals surface area (Å²) in [5.74, 6) is 0. The van der Waals surface area contributed by atoms with E-state index in [1.54, 1.807) is 29.7 Å². The number of thioether (sulfide) groups is 2. The Morgan fingerprint density at radius 1 is 1.31 bits per heavy atom. The number of hydrogen-bond acceptors (Lipinski definition) is 7. The molecule has 7 heteroatoms. The topological polar surface area (TPSA) is 51.0 Å². The fourth-order valence-electron chi connectivity index (χ4n) is 1.09. The molecule has 0 spiro atoms. The number of fused-ring (bicyclic) bond motifs is 1. The van der Waals surface area contributed by atoms with E-state index >= 15 is 0 Å². The van der Waals surface area contributed by atoms with Crippen LogP contribution in [-0.4, -0.2) is 31.8 Å². The summed E-state index contributed by atoms with van der Waals surface area (Å²) in [5, 5.41) is 0.722. The predicted molar refractivity (Wildman–Crippen MR) is 74.1 cm³/mol. The molecule has 0 fully saturated rings. The van der Waals surface area contributed by atoms with E-state index in [-0.39, 0.29) is 0 Å². The zero-order valence-corrected chi connectivity index (χ0v) is 11.5. The molecule has 0 bridgehead atoms. The van der Waals surface area contributed by atoms with Crippen molar-refractivity contribution in [2.24, 2.45) is 4.99 Å². The standard InChI is InChI=1S/C9H10N4S3/c1-5-4-10-6-7(11-5)16-8(12-6)13-9(14-2)15-3/h4H,1-3H3. The van der Waals surface area contributed by atoms with Crippen molar-refractivity contribution in [3.8, 4) is 0 Å². The molecular formula is C9H10N4S3. The predicted octanol–water partition coefficient (Wildman–Crippen LogP) is 3.11. The van der Waals surface area contributed by atoms with Gasteiger partial charge >= 0.3 is 0 Å². The van der Waals surface area contributed by atoms with Crippen LogP contribution in [0.4, 0.5) is 5.13 Å². The summed E-state index contributed by atoms with van der Waals surface area (Å²) in [6, 6.07) is 0. The lowest BCUT2D eigenvalue weighted by molar-refractivity contribution is 1.18. The van der Waals surface area contributed by atoms with Crippen LogP contribution < -0.4 is 0 Å². The third-order valence-electron chi connectivity index (χ3n) is 1.77. The first kappa shape index (κ1) is 11.8. The Hall–Kier alpha value is -0.660. The largest absolute Gasteiger partial charge is 0.237 e. The minimum absolute atomic E-state index is 0.677. The number of aliphatic imine (C=N–C) groups is 1. The van der Waals surface area contributed by atoms with Gasteiger partial charge in [-0.05, 0) is 19.4 Å². The van der Waals surface area contributed by atoms with Crippen molar-refractivity contribution in [2.45, 2.75) is 6.92 Å². The van der Waals surface area contributed by atoms with E-state index in [2.05, 4.69) is 19.9 Å². The average molecular weight is 270 g/mol. The molecule has 0 aliphatic rings. The third-order valence-corrected chi connectivity index (χ3v) is 4.48. The Morgan fingerprint density at radius 2 is 2.06 bits per heavy atom. The maximum absolute atomic E-state index is 4.43. The number of nitrogens with zero attached hydrogens (tertiary/aromatic N) is 4. The quantitative estimate of drug-likeness (QED) is 0.588. The van der Waals surface area contributed by atoms with E-state index in [4.69, 9.17) is 0 Å². The van der Waals surface area contributed by atoms with Gasteiger partial charge in [0.1, 0.15) is 4.38 Å². The highest BCUT2D eigenvalue weighted by atomic mass is 32.2. The lowest BCUT2D eigenvalue weighted by atomic mass is 10.5. The second kappa shape index (κ2) is 5.11. The molecule has 0 atom stereocenters. The zero-order chi connectivity index (χ0) is 11.5. The molecule has 0 saturated heterocycles.